The maximum Gasteiger partial charge on any atom is 0.326 e. The number of hydrogen-bond donors (Lipinski definition) is 1. The first-order valence-corrected chi connectivity index (χ1v) is 7.21. The van der Waals surface area contributed by atoms with Gasteiger partial charge in [0.05, 0.1) is 0 Å². The van der Waals surface area contributed by atoms with Gasteiger partial charge in [-0.3, -0.25) is 4.79 Å². The molecule has 0 saturated carbocycles. The lowest BCUT2D eigenvalue weighted by atomic mass is 9.92. The largest absolute Gasteiger partial charge is 0.480 e. The van der Waals surface area contributed by atoms with Crippen molar-refractivity contribution < 1.29 is 14.7 Å². The van der Waals surface area contributed by atoms with E-state index in [1.165, 1.54) is 4.90 Å². The molecular formula is C16H22N2O3. The highest BCUT2D eigenvalue weighted by atomic mass is 16.4. The van der Waals surface area contributed by atoms with Crippen molar-refractivity contribution in [1.82, 2.24) is 4.90 Å². The minimum atomic E-state index is -0.918. The molecule has 2 rings (SSSR count). The number of carbonyl (C=O) groups excluding carboxylic acids is 1. The van der Waals surface area contributed by atoms with Crippen LogP contribution in [0.15, 0.2) is 24.3 Å². The molecule has 0 aliphatic carbocycles. The summed E-state index contributed by atoms with van der Waals surface area (Å²) in [6.07, 6.45) is 1.37. The first-order valence-electron chi connectivity index (χ1n) is 7.21. The Balaban J connectivity index is 2.25. The maximum absolute atomic E-state index is 12.6. The minimum Gasteiger partial charge on any atom is -0.480 e. The molecule has 1 aliphatic heterocycles. The zero-order valence-corrected chi connectivity index (χ0v) is 12.7. The molecule has 1 heterocycles. The van der Waals surface area contributed by atoms with Gasteiger partial charge in [0.2, 0.25) is 0 Å². The fraction of sp³-hybridized carbons (Fsp3) is 0.500. The van der Waals surface area contributed by atoms with Gasteiger partial charge in [0.15, 0.2) is 0 Å². The van der Waals surface area contributed by atoms with Gasteiger partial charge in [-0.05, 0) is 37.0 Å². The number of carboxylic acids is 1. The Morgan fingerprint density at radius 1 is 1.33 bits per heavy atom. The highest BCUT2D eigenvalue weighted by Crippen LogP contribution is 2.25. The third-order valence-electron chi connectivity index (χ3n) is 4.02. The lowest BCUT2D eigenvalue weighted by Gasteiger charge is -2.36. The predicted octanol–water partition coefficient (Wildman–Crippen LogP) is 2.08. The van der Waals surface area contributed by atoms with Crippen LogP contribution >= 0.6 is 0 Å². The normalized spacial score (nSPS) is 22.0. The number of nitrogens with zero attached hydrogens (tertiary/aromatic N) is 2. The maximum atomic E-state index is 12.6. The van der Waals surface area contributed by atoms with Gasteiger partial charge in [0.25, 0.3) is 5.91 Å². The molecule has 0 radical (unpaired) electrons. The standard InChI is InChI=1S/C16H22N2O3/c1-11-7-8-18(14(9-11)16(20)21)15(19)12-5-4-6-13(10-12)17(2)3/h4-6,10-11,14H,7-9H2,1-3H3,(H,20,21). The molecule has 5 nitrogen and oxygen atoms in total. The number of piperidine rings is 1. The van der Waals surface area contributed by atoms with E-state index in [0.717, 1.165) is 12.1 Å². The highest BCUT2D eigenvalue weighted by molar-refractivity contribution is 5.97. The molecule has 1 amide bonds. The number of benzene rings is 1. The molecule has 1 saturated heterocycles. The summed E-state index contributed by atoms with van der Waals surface area (Å²) in [5, 5.41) is 9.36. The van der Waals surface area contributed by atoms with Crippen molar-refractivity contribution in [3.05, 3.63) is 29.8 Å². The number of amides is 1. The summed E-state index contributed by atoms with van der Waals surface area (Å²) >= 11 is 0. The van der Waals surface area contributed by atoms with Crippen LogP contribution in [0.5, 0.6) is 0 Å². The molecule has 21 heavy (non-hydrogen) atoms. The Labute approximate surface area is 125 Å². The van der Waals surface area contributed by atoms with E-state index in [-0.39, 0.29) is 5.91 Å². The van der Waals surface area contributed by atoms with E-state index in [1.54, 1.807) is 12.1 Å². The molecule has 1 aromatic carbocycles. The lowest BCUT2D eigenvalue weighted by Crippen LogP contribution is -2.49. The van der Waals surface area contributed by atoms with E-state index in [2.05, 4.69) is 0 Å². The number of rotatable bonds is 3. The number of likely N-dealkylation sites (tertiary alicyclic amines) is 1. The summed E-state index contributed by atoms with van der Waals surface area (Å²) in [4.78, 5) is 27.5. The van der Waals surface area contributed by atoms with Crippen molar-refractivity contribution in [2.75, 3.05) is 25.5 Å². The van der Waals surface area contributed by atoms with E-state index in [9.17, 15) is 14.7 Å². The average Bonchev–Trinajstić information content (AvgIpc) is 2.46. The molecule has 1 fully saturated rings. The van der Waals surface area contributed by atoms with E-state index in [4.69, 9.17) is 0 Å². The molecule has 2 atom stereocenters. The molecular weight excluding hydrogens is 268 g/mol. The fourth-order valence-electron chi connectivity index (χ4n) is 2.70. The summed E-state index contributed by atoms with van der Waals surface area (Å²) in [5.41, 5.74) is 1.47. The van der Waals surface area contributed by atoms with E-state index >= 15 is 0 Å². The molecule has 1 aliphatic rings. The van der Waals surface area contributed by atoms with Gasteiger partial charge in [-0.1, -0.05) is 13.0 Å². The zero-order chi connectivity index (χ0) is 15.6. The van der Waals surface area contributed by atoms with Crippen LogP contribution in [0.3, 0.4) is 0 Å². The van der Waals surface area contributed by atoms with Gasteiger partial charge in [-0.15, -0.1) is 0 Å². The summed E-state index contributed by atoms with van der Waals surface area (Å²) in [6, 6.07) is 6.57. The molecule has 1 aromatic rings. The summed E-state index contributed by atoms with van der Waals surface area (Å²) in [7, 11) is 3.82. The van der Waals surface area contributed by atoms with Crippen LogP contribution in [-0.4, -0.2) is 48.6 Å². The van der Waals surface area contributed by atoms with Crippen molar-refractivity contribution in [2.45, 2.75) is 25.8 Å². The number of aliphatic carboxylic acids is 1. The molecule has 0 bridgehead atoms. The Bertz CT molecular complexity index is 542. The van der Waals surface area contributed by atoms with Gasteiger partial charge in [-0.2, -0.15) is 0 Å². The van der Waals surface area contributed by atoms with Crippen LogP contribution in [0.2, 0.25) is 0 Å². The third-order valence-corrected chi connectivity index (χ3v) is 4.02. The SMILES string of the molecule is CC1CCN(C(=O)c2cccc(N(C)C)c2)C(C(=O)O)C1. The topological polar surface area (TPSA) is 60.9 Å². The highest BCUT2D eigenvalue weighted by Gasteiger charge is 2.35. The van der Waals surface area contributed by atoms with Crippen molar-refractivity contribution >= 4 is 17.6 Å². The van der Waals surface area contributed by atoms with Crippen molar-refractivity contribution in [3.63, 3.8) is 0 Å². The Morgan fingerprint density at radius 3 is 2.67 bits per heavy atom. The van der Waals surface area contributed by atoms with Crippen molar-refractivity contribution in [1.29, 1.82) is 0 Å². The van der Waals surface area contributed by atoms with Crippen LogP contribution in [0.4, 0.5) is 5.69 Å². The quantitative estimate of drug-likeness (QED) is 0.926. The second-order valence-corrected chi connectivity index (χ2v) is 5.93. The average molecular weight is 290 g/mol. The molecule has 114 valence electrons. The smallest absolute Gasteiger partial charge is 0.326 e. The van der Waals surface area contributed by atoms with E-state index < -0.39 is 12.0 Å². The summed E-state index contributed by atoms with van der Waals surface area (Å²) < 4.78 is 0. The fourth-order valence-corrected chi connectivity index (χ4v) is 2.70. The molecule has 2 unspecified atom stereocenters. The molecule has 5 heteroatoms. The number of anilines is 1. The van der Waals surface area contributed by atoms with Gasteiger partial charge in [0.1, 0.15) is 6.04 Å². The second kappa shape index (κ2) is 6.16. The molecule has 0 spiro atoms. The number of carbonyl (C=O) groups is 2. The molecule has 1 N–H and O–H groups in total. The van der Waals surface area contributed by atoms with Gasteiger partial charge >= 0.3 is 5.97 Å². The zero-order valence-electron chi connectivity index (χ0n) is 12.7. The van der Waals surface area contributed by atoms with E-state index in [0.29, 0.717) is 24.4 Å². The van der Waals surface area contributed by atoms with Crippen LogP contribution in [0.25, 0.3) is 0 Å². The number of hydrogen-bond acceptors (Lipinski definition) is 3. The van der Waals surface area contributed by atoms with Gasteiger partial charge < -0.3 is 14.9 Å². The lowest BCUT2D eigenvalue weighted by molar-refractivity contribution is -0.144. The first kappa shape index (κ1) is 15.4. The summed E-state index contributed by atoms with van der Waals surface area (Å²) in [5.74, 6) is -0.778. The monoisotopic (exact) mass is 290 g/mol. The second-order valence-electron chi connectivity index (χ2n) is 5.93. The van der Waals surface area contributed by atoms with E-state index in [1.807, 2.05) is 38.1 Å². The van der Waals surface area contributed by atoms with Crippen molar-refractivity contribution in [2.24, 2.45) is 5.92 Å². The Hall–Kier alpha value is -2.04. The third kappa shape index (κ3) is 3.35. The summed E-state index contributed by atoms with van der Waals surface area (Å²) in [6.45, 7) is 2.54. The van der Waals surface area contributed by atoms with Crippen LogP contribution < -0.4 is 4.90 Å². The molecule has 0 aromatic heterocycles. The first-order chi connectivity index (χ1) is 9.90. The minimum absolute atomic E-state index is 0.196. The number of carboxylic acid groups (broad SMARTS) is 1. The van der Waals surface area contributed by atoms with Crippen LogP contribution in [-0.2, 0) is 4.79 Å². The van der Waals surface area contributed by atoms with Gasteiger partial charge in [-0.25, -0.2) is 4.79 Å². The van der Waals surface area contributed by atoms with Gasteiger partial charge in [0, 0.05) is 31.9 Å². The predicted molar refractivity (Wildman–Crippen MR) is 81.6 cm³/mol. The van der Waals surface area contributed by atoms with Crippen LogP contribution in [0.1, 0.15) is 30.1 Å². The van der Waals surface area contributed by atoms with Crippen LogP contribution in [0, 0.1) is 5.92 Å². The van der Waals surface area contributed by atoms with Crippen molar-refractivity contribution in [3.8, 4) is 0 Å². The Kier molecular flexibility index (Phi) is 4.50. The Morgan fingerprint density at radius 2 is 2.05 bits per heavy atom.